The molecular weight excluding hydrogens is 366 g/mol. The topological polar surface area (TPSA) is 70.7 Å². The predicted molar refractivity (Wildman–Crippen MR) is 116 cm³/mol. The van der Waals surface area contributed by atoms with Gasteiger partial charge in [-0.3, -0.25) is 9.59 Å². The van der Waals surface area contributed by atoms with Gasteiger partial charge in [-0.25, -0.2) is 0 Å². The van der Waals surface area contributed by atoms with E-state index in [0.717, 1.165) is 48.8 Å². The molecule has 1 aliphatic heterocycles. The molecule has 0 radical (unpaired) electrons. The van der Waals surface area contributed by atoms with Crippen molar-refractivity contribution in [2.24, 2.45) is 0 Å². The molecular formula is C23H27N3O3. The van der Waals surface area contributed by atoms with Crippen molar-refractivity contribution < 1.29 is 14.3 Å². The maximum Gasteiger partial charge on any atom is 0.246 e. The normalized spacial score (nSPS) is 15.2. The lowest BCUT2D eigenvalue weighted by molar-refractivity contribution is -0.123. The zero-order valence-electron chi connectivity index (χ0n) is 16.9. The summed E-state index contributed by atoms with van der Waals surface area (Å²) in [7, 11) is 0. The Balaban J connectivity index is 1.54. The molecule has 0 saturated carbocycles. The molecule has 29 heavy (non-hydrogen) atoms. The number of nitrogens with one attached hydrogen (secondary N) is 2. The summed E-state index contributed by atoms with van der Waals surface area (Å²) < 4.78 is 5.39. The standard InChI is InChI=1S/C23H27N3O3/c1-17-16-20(26-12-14-29-15-13-26)9-10-21(17)25-23(28)18(2)24-22(27)11-8-19-6-4-3-5-7-19/h3-11,16,18H,12-15H2,1-2H3,(H,24,27)(H,25,28)/b11-8+. The highest BCUT2D eigenvalue weighted by Crippen LogP contribution is 2.23. The average molecular weight is 393 g/mol. The average Bonchev–Trinajstić information content (AvgIpc) is 2.75. The second kappa shape index (κ2) is 9.89. The molecule has 0 aliphatic carbocycles. The first-order valence-corrected chi connectivity index (χ1v) is 9.81. The Morgan fingerprint density at radius 2 is 1.83 bits per heavy atom. The van der Waals surface area contributed by atoms with Crippen molar-refractivity contribution in [3.05, 3.63) is 65.7 Å². The number of nitrogens with zero attached hydrogens (tertiary/aromatic N) is 1. The van der Waals surface area contributed by atoms with Gasteiger partial charge in [0, 0.05) is 30.5 Å². The number of aryl methyl sites for hydroxylation is 1. The number of carbonyl (C=O) groups is 2. The van der Waals surface area contributed by atoms with Gasteiger partial charge in [0.05, 0.1) is 13.2 Å². The highest BCUT2D eigenvalue weighted by Gasteiger charge is 2.17. The number of rotatable bonds is 6. The molecule has 2 aromatic rings. The second-order valence-corrected chi connectivity index (χ2v) is 7.06. The Hall–Kier alpha value is -3.12. The summed E-state index contributed by atoms with van der Waals surface area (Å²) in [6.45, 7) is 6.82. The SMILES string of the molecule is Cc1cc(N2CCOCC2)ccc1NC(=O)C(C)NC(=O)/C=C/c1ccccc1. The van der Waals surface area contributed by atoms with Crippen molar-refractivity contribution in [3.63, 3.8) is 0 Å². The van der Waals surface area contributed by atoms with E-state index in [9.17, 15) is 9.59 Å². The summed E-state index contributed by atoms with van der Waals surface area (Å²) in [5.74, 6) is -0.565. The van der Waals surface area contributed by atoms with Crippen LogP contribution in [0.25, 0.3) is 6.08 Å². The maximum atomic E-state index is 12.5. The fourth-order valence-electron chi connectivity index (χ4n) is 3.11. The molecule has 6 heteroatoms. The molecule has 0 spiro atoms. The number of hydrogen-bond donors (Lipinski definition) is 2. The zero-order valence-corrected chi connectivity index (χ0v) is 16.9. The number of carbonyl (C=O) groups excluding carboxylic acids is 2. The molecule has 0 bridgehead atoms. The molecule has 3 rings (SSSR count). The number of ether oxygens (including phenoxy) is 1. The highest BCUT2D eigenvalue weighted by molar-refractivity contribution is 6.00. The van der Waals surface area contributed by atoms with Crippen LogP contribution in [0, 0.1) is 6.92 Å². The van der Waals surface area contributed by atoms with Crippen LogP contribution in [-0.4, -0.2) is 44.2 Å². The lowest BCUT2D eigenvalue weighted by Gasteiger charge is -2.29. The van der Waals surface area contributed by atoms with Gasteiger partial charge in [-0.05, 0) is 49.2 Å². The minimum Gasteiger partial charge on any atom is -0.378 e. The number of hydrogen-bond acceptors (Lipinski definition) is 4. The largest absolute Gasteiger partial charge is 0.378 e. The van der Waals surface area contributed by atoms with Gasteiger partial charge in [0.25, 0.3) is 0 Å². The van der Waals surface area contributed by atoms with Crippen LogP contribution in [-0.2, 0) is 14.3 Å². The van der Waals surface area contributed by atoms with Crippen LogP contribution in [0.3, 0.4) is 0 Å². The van der Waals surface area contributed by atoms with E-state index >= 15 is 0 Å². The summed E-state index contributed by atoms with van der Waals surface area (Å²) >= 11 is 0. The Labute approximate surface area is 171 Å². The Bertz CT molecular complexity index is 874. The highest BCUT2D eigenvalue weighted by atomic mass is 16.5. The molecule has 1 aliphatic rings. The lowest BCUT2D eigenvalue weighted by Crippen LogP contribution is -2.41. The van der Waals surface area contributed by atoms with Crippen LogP contribution < -0.4 is 15.5 Å². The minimum atomic E-state index is -0.652. The van der Waals surface area contributed by atoms with Gasteiger partial charge in [0.2, 0.25) is 11.8 Å². The number of amides is 2. The van der Waals surface area contributed by atoms with Crippen molar-refractivity contribution >= 4 is 29.3 Å². The van der Waals surface area contributed by atoms with Crippen LogP contribution >= 0.6 is 0 Å². The van der Waals surface area contributed by atoms with E-state index in [-0.39, 0.29) is 11.8 Å². The van der Waals surface area contributed by atoms with Gasteiger partial charge < -0.3 is 20.3 Å². The van der Waals surface area contributed by atoms with Gasteiger partial charge in [0.1, 0.15) is 6.04 Å². The molecule has 1 saturated heterocycles. The Morgan fingerprint density at radius 3 is 2.52 bits per heavy atom. The first-order chi connectivity index (χ1) is 14.0. The van der Waals surface area contributed by atoms with E-state index < -0.39 is 6.04 Å². The summed E-state index contributed by atoms with van der Waals surface area (Å²) in [5.41, 5.74) is 3.77. The second-order valence-electron chi connectivity index (χ2n) is 7.06. The molecule has 2 amide bonds. The van der Waals surface area contributed by atoms with Gasteiger partial charge in [-0.1, -0.05) is 30.3 Å². The van der Waals surface area contributed by atoms with Crippen molar-refractivity contribution in [1.29, 1.82) is 0 Å². The smallest absolute Gasteiger partial charge is 0.246 e. The van der Waals surface area contributed by atoms with Crippen molar-refractivity contribution in [1.82, 2.24) is 5.32 Å². The number of morpholine rings is 1. The maximum absolute atomic E-state index is 12.5. The molecule has 6 nitrogen and oxygen atoms in total. The van der Waals surface area contributed by atoms with Crippen LogP contribution in [0.2, 0.25) is 0 Å². The van der Waals surface area contributed by atoms with Crippen molar-refractivity contribution in [2.45, 2.75) is 19.9 Å². The fourth-order valence-corrected chi connectivity index (χ4v) is 3.11. The van der Waals surface area contributed by atoms with Gasteiger partial charge in [0.15, 0.2) is 0 Å². The van der Waals surface area contributed by atoms with Gasteiger partial charge >= 0.3 is 0 Å². The molecule has 152 valence electrons. The van der Waals surface area contributed by atoms with E-state index in [2.05, 4.69) is 21.6 Å². The molecule has 1 heterocycles. The summed E-state index contributed by atoms with van der Waals surface area (Å²) in [4.78, 5) is 26.8. The first kappa shape index (κ1) is 20.6. The fraction of sp³-hybridized carbons (Fsp3) is 0.304. The quantitative estimate of drug-likeness (QED) is 0.741. The van der Waals surface area contributed by atoms with E-state index in [1.54, 1.807) is 13.0 Å². The molecule has 0 aromatic heterocycles. The Morgan fingerprint density at radius 1 is 1.10 bits per heavy atom. The lowest BCUT2D eigenvalue weighted by atomic mass is 10.1. The summed E-state index contributed by atoms with van der Waals surface area (Å²) in [6, 6.07) is 14.8. The van der Waals surface area contributed by atoms with Crippen LogP contribution in [0.15, 0.2) is 54.6 Å². The van der Waals surface area contributed by atoms with Crippen LogP contribution in [0.1, 0.15) is 18.1 Å². The molecule has 1 fully saturated rings. The molecule has 1 unspecified atom stereocenters. The molecule has 2 N–H and O–H groups in total. The van der Waals surface area contributed by atoms with Crippen molar-refractivity contribution in [2.75, 3.05) is 36.5 Å². The van der Waals surface area contributed by atoms with Crippen LogP contribution in [0.4, 0.5) is 11.4 Å². The predicted octanol–water partition coefficient (Wildman–Crippen LogP) is 2.99. The van der Waals surface area contributed by atoms with Gasteiger partial charge in [-0.2, -0.15) is 0 Å². The van der Waals surface area contributed by atoms with Crippen molar-refractivity contribution in [3.8, 4) is 0 Å². The van der Waals surface area contributed by atoms with E-state index in [4.69, 9.17) is 4.74 Å². The third-order valence-electron chi connectivity index (χ3n) is 4.82. The first-order valence-electron chi connectivity index (χ1n) is 9.81. The number of anilines is 2. The molecule has 1 atom stereocenters. The molecule has 2 aromatic carbocycles. The minimum absolute atomic E-state index is 0.256. The third-order valence-corrected chi connectivity index (χ3v) is 4.82. The van der Waals surface area contributed by atoms with E-state index in [1.165, 1.54) is 6.08 Å². The third kappa shape index (κ3) is 5.93. The number of benzene rings is 2. The summed E-state index contributed by atoms with van der Waals surface area (Å²) in [5, 5.41) is 5.59. The zero-order chi connectivity index (χ0) is 20.6. The summed E-state index contributed by atoms with van der Waals surface area (Å²) in [6.07, 6.45) is 3.15. The van der Waals surface area contributed by atoms with Gasteiger partial charge in [-0.15, -0.1) is 0 Å². The van der Waals surface area contributed by atoms with E-state index in [1.807, 2.05) is 49.4 Å². The Kier molecular flexibility index (Phi) is 7.03. The van der Waals surface area contributed by atoms with Crippen LogP contribution in [0.5, 0.6) is 0 Å². The monoisotopic (exact) mass is 393 g/mol. The van der Waals surface area contributed by atoms with E-state index in [0.29, 0.717) is 0 Å².